The molecular weight excluding hydrogens is 180 g/mol. The van der Waals surface area contributed by atoms with Gasteiger partial charge in [-0.2, -0.15) is 0 Å². The number of hydrogen-bond donors (Lipinski definition) is 1. The largest absolute Gasteiger partial charge is 0.381 e. The van der Waals surface area contributed by atoms with Crippen LogP contribution in [0.15, 0.2) is 0 Å². The predicted molar refractivity (Wildman–Crippen MR) is 55.2 cm³/mol. The summed E-state index contributed by atoms with van der Waals surface area (Å²) >= 11 is 0. The molecule has 1 aliphatic rings. The Balaban J connectivity index is 2.07. The van der Waals surface area contributed by atoms with E-state index in [9.17, 15) is 4.79 Å². The molecule has 1 N–H and O–H groups in total. The van der Waals surface area contributed by atoms with Gasteiger partial charge in [0.15, 0.2) is 0 Å². The molecule has 1 fully saturated rings. The maximum absolute atomic E-state index is 11.6. The Morgan fingerprint density at radius 2 is 2.21 bits per heavy atom. The number of nitrogens with one attached hydrogen (secondary N) is 1. The highest BCUT2D eigenvalue weighted by Crippen LogP contribution is 2.04. The first-order chi connectivity index (χ1) is 6.75. The lowest BCUT2D eigenvalue weighted by Gasteiger charge is -2.35. The maximum atomic E-state index is 11.6. The van der Waals surface area contributed by atoms with Crippen LogP contribution >= 0.6 is 0 Å². The molecule has 1 heterocycles. The standard InChI is InChI=1S/C10H20N2O2/c1-3-5-14-6-4-10(13)12(2)9-7-11-8-9/h9,11H,3-8H2,1-2H3. The Kier molecular flexibility index (Phi) is 4.90. The van der Waals surface area contributed by atoms with E-state index in [1.165, 1.54) is 0 Å². The third kappa shape index (κ3) is 3.27. The second-order valence-electron chi connectivity index (χ2n) is 3.68. The van der Waals surface area contributed by atoms with Gasteiger partial charge in [0.2, 0.25) is 5.91 Å². The van der Waals surface area contributed by atoms with E-state index < -0.39 is 0 Å². The van der Waals surface area contributed by atoms with Gasteiger partial charge >= 0.3 is 0 Å². The van der Waals surface area contributed by atoms with Gasteiger partial charge in [-0.05, 0) is 6.42 Å². The lowest BCUT2D eigenvalue weighted by molar-refractivity contribution is -0.134. The molecule has 14 heavy (non-hydrogen) atoms. The average molecular weight is 200 g/mol. The summed E-state index contributed by atoms with van der Waals surface area (Å²) in [4.78, 5) is 13.4. The van der Waals surface area contributed by atoms with Gasteiger partial charge in [-0.25, -0.2) is 0 Å². The number of carbonyl (C=O) groups is 1. The molecule has 1 saturated heterocycles. The van der Waals surface area contributed by atoms with E-state index in [4.69, 9.17) is 4.74 Å². The fraction of sp³-hybridized carbons (Fsp3) is 0.900. The molecule has 0 aromatic heterocycles. The van der Waals surface area contributed by atoms with Crippen LogP contribution in [-0.4, -0.2) is 50.2 Å². The molecule has 1 amide bonds. The first kappa shape index (κ1) is 11.5. The first-order valence-electron chi connectivity index (χ1n) is 5.29. The maximum Gasteiger partial charge on any atom is 0.224 e. The van der Waals surface area contributed by atoms with Crippen molar-refractivity contribution >= 4 is 5.91 Å². The van der Waals surface area contributed by atoms with Crippen LogP contribution in [0.5, 0.6) is 0 Å². The summed E-state index contributed by atoms with van der Waals surface area (Å²) in [6.07, 6.45) is 1.52. The molecule has 0 saturated carbocycles. The summed E-state index contributed by atoms with van der Waals surface area (Å²) < 4.78 is 5.27. The fourth-order valence-corrected chi connectivity index (χ4v) is 1.33. The number of hydrogen-bond acceptors (Lipinski definition) is 3. The Labute approximate surface area is 85.6 Å². The van der Waals surface area contributed by atoms with Gasteiger partial charge in [0.1, 0.15) is 0 Å². The highest BCUT2D eigenvalue weighted by atomic mass is 16.5. The molecule has 4 nitrogen and oxygen atoms in total. The van der Waals surface area contributed by atoms with Gasteiger partial charge in [-0.3, -0.25) is 4.79 Å². The van der Waals surface area contributed by atoms with Crippen LogP contribution in [0.1, 0.15) is 19.8 Å². The molecule has 82 valence electrons. The van der Waals surface area contributed by atoms with Crippen LogP contribution in [0.4, 0.5) is 0 Å². The molecule has 1 aliphatic heterocycles. The Morgan fingerprint density at radius 1 is 1.50 bits per heavy atom. The van der Waals surface area contributed by atoms with Crippen molar-refractivity contribution < 1.29 is 9.53 Å². The summed E-state index contributed by atoms with van der Waals surface area (Å²) in [6.45, 7) is 5.23. The van der Waals surface area contributed by atoms with E-state index in [-0.39, 0.29) is 5.91 Å². The minimum Gasteiger partial charge on any atom is -0.381 e. The number of ether oxygens (including phenoxy) is 1. The van der Waals surface area contributed by atoms with Gasteiger partial charge < -0.3 is 15.0 Å². The van der Waals surface area contributed by atoms with Crippen molar-refractivity contribution in [3.05, 3.63) is 0 Å². The summed E-state index contributed by atoms with van der Waals surface area (Å²) in [5.41, 5.74) is 0. The first-order valence-corrected chi connectivity index (χ1v) is 5.29. The Morgan fingerprint density at radius 3 is 2.71 bits per heavy atom. The second-order valence-corrected chi connectivity index (χ2v) is 3.68. The molecule has 0 bridgehead atoms. The minimum atomic E-state index is 0.188. The molecular formula is C10H20N2O2. The van der Waals surface area contributed by atoms with E-state index in [1.54, 1.807) is 0 Å². The number of carbonyl (C=O) groups excluding carboxylic acids is 1. The van der Waals surface area contributed by atoms with Crippen LogP contribution in [0.25, 0.3) is 0 Å². The normalized spacial score (nSPS) is 16.4. The monoisotopic (exact) mass is 200 g/mol. The molecule has 4 heteroatoms. The fourth-order valence-electron chi connectivity index (χ4n) is 1.33. The van der Waals surface area contributed by atoms with Crippen molar-refractivity contribution in [2.45, 2.75) is 25.8 Å². The zero-order valence-electron chi connectivity index (χ0n) is 9.08. The van der Waals surface area contributed by atoms with Crippen molar-refractivity contribution in [2.24, 2.45) is 0 Å². The van der Waals surface area contributed by atoms with E-state index in [1.807, 2.05) is 11.9 Å². The van der Waals surface area contributed by atoms with E-state index in [2.05, 4.69) is 12.2 Å². The molecule has 0 radical (unpaired) electrons. The lowest BCUT2D eigenvalue weighted by atomic mass is 10.1. The van der Waals surface area contributed by atoms with Gasteiger partial charge in [0.25, 0.3) is 0 Å². The zero-order valence-corrected chi connectivity index (χ0v) is 9.08. The molecule has 1 rings (SSSR count). The lowest BCUT2D eigenvalue weighted by Crippen LogP contribution is -2.57. The average Bonchev–Trinajstić information content (AvgIpc) is 2.09. The van der Waals surface area contributed by atoms with Crippen molar-refractivity contribution in [2.75, 3.05) is 33.4 Å². The zero-order chi connectivity index (χ0) is 10.4. The van der Waals surface area contributed by atoms with Crippen molar-refractivity contribution in [3.63, 3.8) is 0 Å². The topological polar surface area (TPSA) is 41.6 Å². The molecule has 0 spiro atoms. The Bertz CT molecular complexity index is 181. The number of nitrogens with zero attached hydrogens (tertiary/aromatic N) is 1. The highest BCUT2D eigenvalue weighted by molar-refractivity contribution is 5.76. The third-order valence-corrected chi connectivity index (χ3v) is 2.51. The summed E-state index contributed by atoms with van der Waals surface area (Å²) in [5, 5.41) is 3.15. The van der Waals surface area contributed by atoms with Gasteiger partial charge in [0, 0.05) is 26.7 Å². The molecule has 0 unspecified atom stereocenters. The molecule has 0 atom stereocenters. The van der Waals surface area contributed by atoms with Crippen molar-refractivity contribution in [3.8, 4) is 0 Å². The number of amides is 1. The van der Waals surface area contributed by atoms with E-state index in [0.29, 0.717) is 19.1 Å². The SMILES string of the molecule is CCCOCCC(=O)N(C)C1CNC1. The second kappa shape index (κ2) is 5.98. The molecule has 0 aromatic rings. The summed E-state index contributed by atoms with van der Waals surface area (Å²) in [5.74, 6) is 0.188. The molecule has 0 aliphatic carbocycles. The van der Waals surface area contributed by atoms with Crippen molar-refractivity contribution in [1.29, 1.82) is 0 Å². The van der Waals surface area contributed by atoms with Crippen molar-refractivity contribution in [1.82, 2.24) is 10.2 Å². The van der Waals surface area contributed by atoms with Gasteiger partial charge in [0.05, 0.1) is 19.1 Å². The van der Waals surface area contributed by atoms with Crippen LogP contribution in [-0.2, 0) is 9.53 Å². The van der Waals surface area contributed by atoms with Crippen LogP contribution < -0.4 is 5.32 Å². The smallest absolute Gasteiger partial charge is 0.224 e. The van der Waals surface area contributed by atoms with Gasteiger partial charge in [-0.1, -0.05) is 6.92 Å². The van der Waals surface area contributed by atoms with E-state index in [0.717, 1.165) is 26.1 Å². The third-order valence-electron chi connectivity index (χ3n) is 2.51. The quantitative estimate of drug-likeness (QED) is 0.624. The number of rotatable bonds is 6. The van der Waals surface area contributed by atoms with Crippen LogP contribution in [0.2, 0.25) is 0 Å². The highest BCUT2D eigenvalue weighted by Gasteiger charge is 2.24. The van der Waals surface area contributed by atoms with E-state index >= 15 is 0 Å². The molecule has 0 aromatic carbocycles. The van der Waals surface area contributed by atoms with Gasteiger partial charge in [-0.15, -0.1) is 0 Å². The Hall–Kier alpha value is -0.610. The summed E-state index contributed by atoms with van der Waals surface area (Å²) in [7, 11) is 1.87. The summed E-state index contributed by atoms with van der Waals surface area (Å²) in [6, 6.07) is 0.397. The predicted octanol–water partition coefficient (Wildman–Crippen LogP) is 0.233. The minimum absolute atomic E-state index is 0.188. The van der Waals surface area contributed by atoms with Crippen LogP contribution in [0, 0.1) is 0 Å². The van der Waals surface area contributed by atoms with Crippen LogP contribution in [0.3, 0.4) is 0 Å². The number of likely N-dealkylation sites (N-methyl/N-ethyl adjacent to an activating group) is 1.